The predicted molar refractivity (Wildman–Crippen MR) is 109 cm³/mol. The van der Waals surface area contributed by atoms with E-state index in [1.165, 1.54) is 5.56 Å². The molecule has 0 aliphatic carbocycles. The molecule has 0 unspecified atom stereocenters. The molecule has 0 fully saturated rings. The minimum Gasteiger partial charge on any atom is -0.322 e. The van der Waals surface area contributed by atoms with Gasteiger partial charge in [0.05, 0.1) is 6.54 Å². The first-order valence-electron chi connectivity index (χ1n) is 9.11. The molecule has 0 aliphatic rings. The lowest BCUT2D eigenvalue weighted by Crippen LogP contribution is -2.29. The lowest BCUT2D eigenvalue weighted by Gasteiger charge is -2.11. The van der Waals surface area contributed by atoms with Crippen LogP contribution in [0.25, 0.3) is 0 Å². The van der Waals surface area contributed by atoms with Crippen LogP contribution in [0.15, 0.2) is 71.7 Å². The van der Waals surface area contributed by atoms with Gasteiger partial charge in [-0.15, -0.1) is 0 Å². The molecule has 0 atom stereocenters. The summed E-state index contributed by atoms with van der Waals surface area (Å²) in [6, 6.07) is 18.9. The van der Waals surface area contributed by atoms with E-state index < -0.39 is 5.91 Å². The zero-order valence-electron chi connectivity index (χ0n) is 15.9. The van der Waals surface area contributed by atoms with Gasteiger partial charge in [-0.3, -0.25) is 9.59 Å². The molecule has 3 aromatic rings. The van der Waals surface area contributed by atoms with Crippen molar-refractivity contribution < 1.29 is 4.79 Å². The summed E-state index contributed by atoms with van der Waals surface area (Å²) in [5, 5.41) is 2.82. The highest BCUT2D eigenvalue weighted by molar-refractivity contribution is 6.03. The molecule has 0 saturated carbocycles. The molecule has 0 bridgehead atoms. The highest BCUT2D eigenvalue weighted by Crippen LogP contribution is 2.17. The second-order valence-electron chi connectivity index (χ2n) is 7.01. The smallest absolute Gasteiger partial charge is 0.263 e. The van der Waals surface area contributed by atoms with Crippen molar-refractivity contribution in [2.24, 2.45) is 0 Å². The quantitative estimate of drug-likeness (QED) is 0.724. The van der Waals surface area contributed by atoms with Crippen LogP contribution in [0.2, 0.25) is 0 Å². The number of anilines is 1. The van der Waals surface area contributed by atoms with Gasteiger partial charge in [-0.1, -0.05) is 50.2 Å². The number of nitrogens with zero attached hydrogens (tertiary/aromatic N) is 1. The normalized spacial score (nSPS) is 10.8. The predicted octanol–water partition coefficient (Wildman–Crippen LogP) is 4.58. The van der Waals surface area contributed by atoms with E-state index in [9.17, 15) is 9.59 Å². The molecule has 1 N–H and O–H groups in total. The number of nitrogens with one attached hydrogen (secondary N) is 1. The van der Waals surface area contributed by atoms with Crippen molar-refractivity contribution in [3.8, 4) is 0 Å². The van der Waals surface area contributed by atoms with Crippen LogP contribution in [0.5, 0.6) is 0 Å². The van der Waals surface area contributed by atoms with Gasteiger partial charge in [0.15, 0.2) is 0 Å². The Labute approximate surface area is 159 Å². The Hall–Kier alpha value is -3.14. The van der Waals surface area contributed by atoms with E-state index in [1.807, 2.05) is 55.5 Å². The van der Waals surface area contributed by atoms with Crippen LogP contribution in [-0.2, 0) is 6.54 Å². The number of aryl methyl sites for hydroxylation is 1. The van der Waals surface area contributed by atoms with Gasteiger partial charge in [0.25, 0.3) is 11.5 Å². The molecule has 0 aliphatic heterocycles. The number of aromatic nitrogens is 1. The summed E-state index contributed by atoms with van der Waals surface area (Å²) < 4.78 is 1.57. The van der Waals surface area contributed by atoms with Gasteiger partial charge in [-0.05, 0) is 53.8 Å². The monoisotopic (exact) mass is 360 g/mol. The third kappa shape index (κ3) is 4.34. The van der Waals surface area contributed by atoms with Crippen LogP contribution in [0.3, 0.4) is 0 Å². The SMILES string of the molecule is Cc1ccccc1Cn1cccc(C(=O)Nc2ccc(C(C)C)cc2)c1=O. The lowest BCUT2D eigenvalue weighted by molar-refractivity contribution is 0.102. The lowest BCUT2D eigenvalue weighted by atomic mass is 10.0. The summed E-state index contributed by atoms with van der Waals surface area (Å²) in [5.74, 6) is 0.0361. The Morgan fingerprint density at radius 1 is 1.00 bits per heavy atom. The first kappa shape index (κ1) is 18.6. The largest absolute Gasteiger partial charge is 0.322 e. The summed E-state index contributed by atoms with van der Waals surface area (Å²) in [6.07, 6.45) is 1.71. The maximum atomic E-state index is 12.8. The first-order chi connectivity index (χ1) is 13.0. The van der Waals surface area contributed by atoms with Gasteiger partial charge in [-0.25, -0.2) is 0 Å². The third-order valence-electron chi connectivity index (χ3n) is 4.70. The number of carbonyl (C=O) groups is 1. The maximum absolute atomic E-state index is 12.8. The molecular weight excluding hydrogens is 336 g/mol. The Bertz CT molecular complexity index is 1000. The van der Waals surface area contributed by atoms with Crippen molar-refractivity contribution >= 4 is 11.6 Å². The van der Waals surface area contributed by atoms with Gasteiger partial charge < -0.3 is 9.88 Å². The molecule has 1 amide bonds. The highest BCUT2D eigenvalue weighted by Gasteiger charge is 2.13. The standard InChI is InChI=1S/C23H24N2O2/c1-16(2)18-10-12-20(13-11-18)24-22(26)21-9-6-14-25(23(21)27)15-19-8-5-4-7-17(19)3/h4-14,16H,15H2,1-3H3,(H,24,26). The number of carbonyl (C=O) groups excluding carboxylic acids is 1. The van der Waals surface area contributed by atoms with Crippen LogP contribution >= 0.6 is 0 Å². The van der Waals surface area contributed by atoms with E-state index in [0.29, 0.717) is 18.2 Å². The molecule has 1 aromatic heterocycles. The molecule has 27 heavy (non-hydrogen) atoms. The summed E-state index contributed by atoms with van der Waals surface area (Å²) in [5.41, 5.74) is 3.90. The summed E-state index contributed by atoms with van der Waals surface area (Å²) in [4.78, 5) is 25.4. The number of benzene rings is 2. The average Bonchev–Trinajstić information content (AvgIpc) is 2.65. The zero-order chi connectivity index (χ0) is 19.4. The zero-order valence-corrected chi connectivity index (χ0v) is 15.9. The van der Waals surface area contributed by atoms with E-state index in [1.54, 1.807) is 22.9 Å². The molecule has 4 nitrogen and oxygen atoms in total. The fraction of sp³-hybridized carbons (Fsp3) is 0.217. The van der Waals surface area contributed by atoms with Crippen LogP contribution < -0.4 is 10.9 Å². The third-order valence-corrected chi connectivity index (χ3v) is 4.70. The summed E-state index contributed by atoms with van der Waals surface area (Å²) in [7, 11) is 0. The summed E-state index contributed by atoms with van der Waals surface area (Å²) in [6.45, 7) is 6.69. The maximum Gasteiger partial charge on any atom is 0.263 e. The van der Waals surface area contributed by atoms with Crippen molar-refractivity contribution in [3.63, 3.8) is 0 Å². The van der Waals surface area contributed by atoms with Crippen LogP contribution in [0.1, 0.15) is 46.8 Å². The molecular formula is C23H24N2O2. The number of pyridine rings is 1. The molecule has 138 valence electrons. The van der Waals surface area contributed by atoms with Gasteiger partial charge in [0.2, 0.25) is 0 Å². The Morgan fingerprint density at radius 3 is 2.37 bits per heavy atom. The van der Waals surface area contributed by atoms with E-state index in [0.717, 1.165) is 11.1 Å². The van der Waals surface area contributed by atoms with Crippen molar-refractivity contribution in [3.05, 3.63) is 99.5 Å². The number of hydrogen-bond donors (Lipinski definition) is 1. The van der Waals surface area contributed by atoms with Crippen molar-refractivity contribution in [2.75, 3.05) is 5.32 Å². The van der Waals surface area contributed by atoms with Gasteiger partial charge >= 0.3 is 0 Å². The molecule has 0 radical (unpaired) electrons. The molecule has 2 aromatic carbocycles. The molecule has 0 saturated heterocycles. The fourth-order valence-electron chi connectivity index (χ4n) is 2.95. The molecule has 3 rings (SSSR count). The average molecular weight is 360 g/mol. The van der Waals surface area contributed by atoms with Gasteiger partial charge in [0.1, 0.15) is 5.56 Å². The van der Waals surface area contributed by atoms with E-state index in [4.69, 9.17) is 0 Å². The minimum absolute atomic E-state index is 0.138. The van der Waals surface area contributed by atoms with Crippen molar-refractivity contribution in [2.45, 2.75) is 33.2 Å². The van der Waals surface area contributed by atoms with E-state index in [2.05, 4.69) is 19.2 Å². The number of hydrogen-bond acceptors (Lipinski definition) is 2. The first-order valence-corrected chi connectivity index (χ1v) is 9.11. The highest BCUT2D eigenvalue weighted by atomic mass is 16.2. The van der Waals surface area contributed by atoms with Gasteiger partial charge in [0, 0.05) is 11.9 Å². The topological polar surface area (TPSA) is 51.1 Å². The Morgan fingerprint density at radius 2 is 1.70 bits per heavy atom. The molecule has 0 spiro atoms. The molecule has 4 heteroatoms. The number of rotatable bonds is 5. The number of amides is 1. The second-order valence-corrected chi connectivity index (χ2v) is 7.01. The Balaban J connectivity index is 1.81. The van der Waals surface area contributed by atoms with E-state index in [-0.39, 0.29) is 11.1 Å². The molecule has 1 heterocycles. The van der Waals surface area contributed by atoms with Crippen molar-refractivity contribution in [1.29, 1.82) is 0 Å². The second kappa shape index (κ2) is 8.04. The van der Waals surface area contributed by atoms with Crippen LogP contribution in [0.4, 0.5) is 5.69 Å². The van der Waals surface area contributed by atoms with Crippen LogP contribution in [-0.4, -0.2) is 10.5 Å². The summed E-state index contributed by atoms with van der Waals surface area (Å²) >= 11 is 0. The van der Waals surface area contributed by atoms with Crippen molar-refractivity contribution in [1.82, 2.24) is 4.57 Å². The van der Waals surface area contributed by atoms with Crippen LogP contribution in [0, 0.1) is 6.92 Å². The van der Waals surface area contributed by atoms with E-state index >= 15 is 0 Å². The Kier molecular flexibility index (Phi) is 5.55. The minimum atomic E-state index is -0.392. The fourth-order valence-corrected chi connectivity index (χ4v) is 2.95. The van der Waals surface area contributed by atoms with Gasteiger partial charge in [-0.2, -0.15) is 0 Å².